The maximum Gasteiger partial charge on any atom is 0.407 e. The van der Waals surface area contributed by atoms with Gasteiger partial charge in [-0.3, -0.25) is 0 Å². The van der Waals surface area contributed by atoms with E-state index in [1.165, 1.54) is 0 Å². The summed E-state index contributed by atoms with van der Waals surface area (Å²) in [5, 5.41) is 19.6. The van der Waals surface area contributed by atoms with Crippen molar-refractivity contribution in [2.24, 2.45) is 5.73 Å². The average molecular weight is 697 g/mol. The molecule has 1 amide bonds. The minimum Gasteiger partial charge on any atom is -0.445 e. The number of rotatable bonds is 35. The van der Waals surface area contributed by atoms with Crippen LogP contribution >= 0.6 is 0 Å². The Kier molecular flexibility index (Phi) is 39.4. The molecule has 0 aliphatic heterocycles. The maximum atomic E-state index is 11.5. The summed E-state index contributed by atoms with van der Waals surface area (Å²) in [4.78, 5) is 11.5. The van der Waals surface area contributed by atoms with Crippen LogP contribution in [0.5, 0.6) is 0 Å². The predicted octanol–water partition coefficient (Wildman–Crippen LogP) is 0.00850. The number of hydrogen-bond acceptors (Lipinski definition) is 15. The quantitative estimate of drug-likeness (QED) is 0.0692. The maximum absolute atomic E-state index is 11.5. The number of nitrogens with two attached hydrogens (primary N) is 1. The van der Waals surface area contributed by atoms with E-state index in [2.05, 4.69) is 5.32 Å². The summed E-state index contributed by atoms with van der Waals surface area (Å²) in [6.07, 6.45) is -0.465. The molecule has 0 aliphatic carbocycles. The van der Waals surface area contributed by atoms with Gasteiger partial charge in [-0.2, -0.15) is 0 Å². The lowest BCUT2D eigenvalue weighted by Gasteiger charge is -2.09. The van der Waals surface area contributed by atoms with Gasteiger partial charge in [0.25, 0.3) is 0 Å². The molecule has 0 atom stereocenters. The van der Waals surface area contributed by atoms with E-state index in [0.717, 1.165) is 5.56 Å². The minimum absolute atomic E-state index is 0.0227. The zero-order valence-corrected chi connectivity index (χ0v) is 28.4. The molecular weight excluding hydrogens is 636 g/mol. The second-order valence-corrected chi connectivity index (χ2v) is 9.35. The highest BCUT2D eigenvalue weighted by molar-refractivity contribution is 5.67. The van der Waals surface area contributed by atoms with Gasteiger partial charge in [0.15, 0.2) is 0 Å². The third-order valence-electron chi connectivity index (χ3n) is 5.44. The van der Waals surface area contributed by atoms with Crippen molar-refractivity contribution in [3.05, 3.63) is 35.9 Å². The van der Waals surface area contributed by atoms with Crippen molar-refractivity contribution in [2.45, 2.75) is 6.61 Å². The largest absolute Gasteiger partial charge is 0.445 e. The number of hydrogen-bond donors (Lipinski definition) is 4. The fourth-order valence-electron chi connectivity index (χ4n) is 3.18. The van der Waals surface area contributed by atoms with E-state index < -0.39 is 6.09 Å². The van der Waals surface area contributed by atoms with Crippen molar-refractivity contribution in [3.63, 3.8) is 0 Å². The van der Waals surface area contributed by atoms with Crippen molar-refractivity contribution in [3.8, 4) is 0 Å². The summed E-state index contributed by atoms with van der Waals surface area (Å²) in [7, 11) is 0. The second-order valence-electron chi connectivity index (χ2n) is 9.35. The van der Waals surface area contributed by atoms with Crippen molar-refractivity contribution in [1.82, 2.24) is 5.32 Å². The number of aliphatic hydroxyl groups is 2. The molecule has 0 saturated carbocycles. The van der Waals surface area contributed by atoms with E-state index in [4.69, 9.17) is 68.1 Å². The van der Waals surface area contributed by atoms with Gasteiger partial charge in [0, 0.05) is 13.1 Å². The van der Waals surface area contributed by atoms with Gasteiger partial charge in [0.05, 0.1) is 145 Å². The molecule has 282 valence electrons. The first-order valence-corrected chi connectivity index (χ1v) is 16.4. The summed E-state index contributed by atoms with van der Waals surface area (Å²) in [5.74, 6) is 0. The van der Waals surface area contributed by atoms with Crippen molar-refractivity contribution in [1.29, 1.82) is 0 Å². The molecule has 1 aromatic rings. The van der Waals surface area contributed by atoms with Gasteiger partial charge in [-0.25, -0.2) is 4.79 Å². The number of alkyl carbamates (subject to hydrolysis) is 1. The summed E-state index contributed by atoms with van der Waals surface area (Å²) < 4.78 is 57.5. The number of amides is 1. The molecule has 0 aromatic heterocycles. The summed E-state index contributed by atoms with van der Waals surface area (Å²) in [6, 6.07) is 9.49. The molecule has 1 aromatic carbocycles. The van der Waals surface area contributed by atoms with Crippen LogP contribution in [0.25, 0.3) is 0 Å². The zero-order valence-electron chi connectivity index (χ0n) is 28.4. The molecule has 0 radical (unpaired) electrons. The average Bonchev–Trinajstić information content (AvgIpc) is 3.11. The number of carbonyl (C=O) groups excluding carboxylic acids is 1. The third kappa shape index (κ3) is 38.4. The molecular formula is C32H60N2O14. The highest BCUT2D eigenvalue weighted by Gasteiger charge is 2.02. The van der Waals surface area contributed by atoms with E-state index in [1.807, 2.05) is 30.3 Å². The van der Waals surface area contributed by atoms with Crippen LogP contribution in [0.1, 0.15) is 5.56 Å². The van der Waals surface area contributed by atoms with E-state index in [1.54, 1.807) is 0 Å². The Morgan fingerprint density at radius 2 is 0.833 bits per heavy atom. The van der Waals surface area contributed by atoms with Crippen LogP contribution in [0.3, 0.4) is 0 Å². The standard InChI is InChI=1S/C20H33NO8.C12H27NO6/c22-7-9-25-11-13-27-15-17-28-16-14-26-12-10-24-8-6-21-20(23)29-18-19-4-2-1-3-5-19;13-1-3-15-5-7-17-9-11-19-12-10-18-8-6-16-4-2-14/h1-5,22H,6-18H2,(H,21,23);14H,1-13H2. The summed E-state index contributed by atoms with van der Waals surface area (Å²) >= 11 is 0. The number of carbonyl (C=O) groups is 1. The SMILES string of the molecule is NCCOCCOCCOCCOCCOCCO.O=C(NCCOCCOCCOCCOCCOCCO)OCc1ccccc1. The van der Waals surface area contributed by atoms with Gasteiger partial charge in [-0.1, -0.05) is 30.3 Å². The second kappa shape index (κ2) is 41.1. The van der Waals surface area contributed by atoms with E-state index in [0.29, 0.717) is 145 Å². The fourth-order valence-corrected chi connectivity index (χ4v) is 3.18. The molecule has 0 spiro atoms. The van der Waals surface area contributed by atoms with Crippen LogP contribution in [0.4, 0.5) is 4.79 Å². The van der Waals surface area contributed by atoms with Gasteiger partial charge >= 0.3 is 6.09 Å². The lowest BCUT2D eigenvalue weighted by molar-refractivity contribution is -0.0130. The Labute approximate surface area is 285 Å². The van der Waals surface area contributed by atoms with Crippen LogP contribution < -0.4 is 11.1 Å². The molecule has 48 heavy (non-hydrogen) atoms. The number of aliphatic hydroxyl groups excluding tert-OH is 2. The van der Waals surface area contributed by atoms with Crippen molar-refractivity contribution in [2.75, 3.05) is 158 Å². The van der Waals surface area contributed by atoms with Crippen LogP contribution in [-0.4, -0.2) is 175 Å². The van der Waals surface area contributed by atoms with Gasteiger partial charge < -0.3 is 73.4 Å². The fraction of sp³-hybridized carbons (Fsp3) is 0.781. The lowest BCUT2D eigenvalue weighted by atomic mass is 10.2. The van der Waals surface area contributed by atoms with Crippen LogP contribution in [0.2, 0.25) is 0 Å². The summed E-state index contributed by atoms with van der Waals surface area (Å²) in [5.41, 5.74) is 6.21. The normalized spacial score (nSPS) is 10.9. The van der Waals surface area contributed by atoms with E-state index in [9.17, 15) is 4.79 Å². The molecule has 0 bridgehead atoms. The number of ether oxygens (including phenoxy) is 11. The lowest BCUT2D eigenvalue weighted by Crippen LogP contribution is -2.28. The van der Waals surface area contributed by atoms with Gasteiger partial charge in [-0.15, -0.1) is 0 Å². The smallest absolute Gasteiger partial charge is 0.407 e. The molecule has 5 N–H and O–H groups in total. The Bertz CT molecular complexity index is 739. The van der Waals surface area contributed by atoms with E-state index >= 15 is 0 Å². The first kappa shape index (κ1) is 46.0. The van der Waals surface area contributed by atoms with Crippen LogP contribution in [0.15, 0.2) is 30.3 Å². The number of benzene rings is 1. The molecule has 0 saturated heterocycles. The van der Waals surface area contributed by atoms with Crippen LogP contribution in [-0.2, 0) is 58.7 Å². The zero-order chi connectivity index (χ0) is 34.9. The molecule has 16 heteroatoms. The highest BCUT2D eigenvalue weighted by Crippen LogP contribution is 2.00. The summed E-state index contributed by atoms with van der Waals surface area (Å²) in [6.45, 7) is 10.9. The minimum atomic E-state index is -0.465. The Morgan fingerprint density at radius 1 is 0.500 bits per heavy atom. The Hall–Kier alpha value is -2.03. The van der Waals surface area contributed by atoms with Gasteiger partial charge in [0.1, 0.15) is 6.61 Å². The third-order valence-corrected chi connectivity index (χ3v) is 5.44. The van der Waals surface area contributed by atoms with Crippen molar-refractivity contribution < 1.29 is 67.1 Å². The van der Waals surface area contributed by atoms with Gasteiger partial charge in [-0.05, 0) is 5.56 Å². The predicted molar refractivity (Wildman–Crippen MR) is 176 cm³/mol. The molecule has 0 unspecified atom stereocenters. The first-order valence-electron chi connectivity index (χ1n) is 16.4. The topological polar surface area (TPSA) is 197 Å². The first-order chi connectivity index (χ1) is 23.7. The monoisotopic (exact) mass is 696 g/mol. The Balaban J connectivity index is 0.00000101. The molecule has 1 rings (SSSR count). The molecule has 0 aliphatic rings. The molecule has 16 nitrogen and oxygen atoms in total. The van der Waals surface area contributed by atoms with Crippen molar-refractivity contribution >= 4 is 6.09 Å². The van der Waals surface area contributed by atoms with E-state index in [-0.39, 0.29) is 19.8 Å². The highest BCUT2D eigenvalue weighted by atomic mass is 16.6. The molecule has 0 heterocycles. The van der Waals surface area contributed by atoms with Gasteiger partial charge in [0.2, 0.25) is 0 Å². The molecule has 0 fully saturated rings. The van der Waals surface area contributed by atoms with Crippen LogP contribution in [0, 0.1) is 0 Å². The Morgan fingerprint density at radius 3 is 1.19 bits per heavy atom. The number of nitrogens with one attached hydrogen (secondary N) is 1.